The summed E-state index contributed by atoms with van der Waals surface area (Å²) in [5.41, 5.74) is 0.0884. The summed E-state index contributed by atoms with van der Waals surface area (Å²) in [5, 5.41) is 19.2. The molecule has 0 saturated carbocycles. The highest BCUT2D eigenvalue weighted by Crippen LogP contribution is 2.01. The molecule has 1 heterocycles. The summed E-state index contributed by atoms with van der Waals surface area (Å²) in [7, 11) is 0. The van der Waals surface area contributed by atoms with E-state index in [-0.39, 0.29) is 5.88 Å². The minimum absolute atomic E-state index is 0.112. The molecule has 1 rings (SSSR count). The van der Waals surface area contributed by atoms with Crippen LogP contribution in [0.1, 0.15) is 16.1 Å². The molecule has 6 heteroatoms. The van der Waals surface area contributed by atoms with Gasteiger partial charge in [-0.2, -0.15) is 4.79 Å². The Labute approximate surface area is 84.2 Å². The largest absolute Gasteiger partial charge is 0.600 e. The lowest BCUT2D eigenvalue weighted by Gasteiger charge is -2.00. The Bertz CT molecular complexity index is 391. The van der Waals surface area contributed by atoms with Crippen LogP contribution in [-0.2, 0) is 5.88 Å². The smallest absolute Gasteiger partial charge is 0.539 e. The predicted octanol–water partition coefficient (Wildman–Crippen LogP) is -0.398. The van der Waals surface area contributed by atoms with E-state index in [9.17, 15) is 14.7 Å². The molecular weight excluding hydrogens is 210 g/mol. The molecule has 1 aromatic rings. The molecule has 0 atom stereocenters. The third-order valence-electron chi connectivity index (χ3n) is 1.58. The fourth-order valence-electron chi connectivity index (χ4n) is 0.948. The molecule has 0 aliphatic carbocycles. The molecule has 0 aliphatic heterocycles. The number of hydrogen-bond donors (Lipinski definition) is 1. The van der Waals surface area contributed by atoms with Crippen LogP contribution < -0.4 is 9.67 Å². The number of pyridine rings is 1. The van der Waals surface area contributed by atoms with Gasteiger partial charge in [-0.05, 0) is 6.07 Å². The van der Waals surface area contributed by atoms with Crippen molar-refractivity contribution in [2.75, 3.05) is 0 Å². The first kappa shape index (κ1) is 10.5. The van der Waals surface area contributed by atoms with Gasteiger partial charge in [0.25, 0.3) is 0 Å². The molecule has 0 aromatic carbocycles. The first-order valence-corrected chi connectivity index (χ1v) is 4.15. The van der Waals surface area contributed by atoms with Crippen molar-refractivity contribution >= 4 is 23.7 Å². The van der Waals surface area contributed by atoms with Crippen LogP contribution in [0.3, 0.4) is 0 Å². The van der Waals surface area contributed by atoms with Gasteiger partial charge in [0.1, 0.15) is 5.97 Å². The van der Waals surface area contributed by atoms with E-state index in [0.717, 1.165) is 12.3 Å². The summed E-state index contributed by atoms with van der Waals surface area (Å²) in [5.74, 6) is -1.44. The minimum Gasteiger partial charge on any atom is -0.539 e. The molecule has 0 aliphatic rings. The number of aromatic carboxylic acids is 1. The zero-order chi connectivity index (χ0) is 10.7. The second-order valence-corrected chi connectivity index (χ2v) is 2.76. The monoisotopic (exact) mass is 215 g/mol. The molecular formula is C8H6ClNO4. The molecule has 0 unspecified atom stereocenters. The fourth-order valence-corrected chi connectivity index (χ4v) is 1.11. The second-order valence-electron chi connectivity index (χ2n) is 2.50. The van der Waals surface area contributed by atoms with Crippen molar-refractivity contribution in [3.8, 4) is 0 Å². The van der Waals surface area contributed by atoms with Gasteiger partial charge in [0.15, 0.2) is 6.20 Å². The Balaban J connectivity index is 3.31. The van der Waals surface area contributed by atoms with Gasteiger partial charge < -0.3 is 15.0 Å². The van der Waals surface area contributed by atoms with Crippen molar-refractivity contribution in [1.29, 1.82) is 0 Å². The lowest BCUT2D eigenvalue weighted by atomic mass is 10.2. The molecule has 0 bridgehead atoms. The fraction of sp³-hybridized carbons (Fsp3) is 0.125. The van der Waals surface area contributed by atoms with Gasteiger partial charge in [0, 0.05) is 11.6 Å². The van der Waals surface area contributed by atoms with E-state index in [1.165, 1.54) is 6.07 Å². The number of carboxylic acids is 1. The van der Waals surface area contributed by atoms with E-state index in [2.05, 4.69) is 0 Å². The van der Waals surface area contributed by atoms with Gasteiger partial charge >= 0.3 is 6.09 Å². The van der Waals surface area contributed by atoms with Crippen molar-refractivity contribution in [1.82, 2.24) is 0 Å². The summed E-state index contributed by atoms with van der Waals surface area (Å²) in [6, 6.07) is 2.57. The average Bonchev–Trinajstić information content (AvgIpc) is 2.16. The van der Waals surface area contributed by atoms with E-state index < -0.39 is 17.8 Å². The number of hydrogen-bond acceptors (Lipinski definition) is 3. The van der Waals surface area contributed by atoms with Crippen LogP contribution in [0.2, 0.25) is 0 Å². The third-order valence-corrected chi connectivity index (χ3v) is 1.89. The van der Waals surface area contributed by atoms with Crippen molar-refractivity contribution in [3.63, 3.8) is 0 Å². The topological polar surface area (TPSA) is 81.3 Å². The Hall–Kier alpha value is -1.62. The first-order valence-electron chi connectivity index (χ1n) is 3.61. The number of carbonyl (C=O) groups is 2. The van der Waals surface area contributed by atoms with Crippen LogP contribution in [0, 0.1) is 0 Å². The minimum atomic E-state index is -1.55. The summed E-state index contributed by atoms with van der Waals surface area (Å²) in [6.45, 7) is 0. The zero-order valence-corrected chi connectivity index (χ0v) is 7.69. The van der Waals surface area contributed by atoms with Crippen LogP contribution in [0.25, 0.3) is 0 Å². The predicted molar refractivity (Wildman–Crippen MR) is 43.9 cm³/mol. The summed E-state index contributed by atoms with van der Waals surface area (Å²) in [4.78, 5) is 21.1. The third kappa shape index (κ3) is 2.00. The summed E-state index contributed by atoms with van der Waals surface area (Å²) in [6.07, 6.45) is -0.253. The van der Waals surface area contributed by atoms with Crippen molar-refractivity contribution < 1.29 is 24.4 Å². The van der Waals surface area contributed by atoms with E-state index in [1.807, 2.05) is 0 Å². The first-order chi connectivity index (χ1) is 6.56. The van der Waals surface area contributed by atoms with E-state index in [0.29, 0.717) is 10.1 Å². The van der Waals surface area contributed by atoms with Crippen LogP contribution in [-0.4, -0.2) is 17.2 Å². The second kappa shape index (κ2) is 4.06. The standard InChI is InChI=1S/C8H6ClNO4/c9-3-5-1-2-6(7(11)12)10(4-5)8(13)14/h1-2,4H,3H2,(H-,11,12,13,14). The quantitative estimate of drug-likeness (QED) is 0.538. The highest BCUT2D eigenvalue weighted by molar-refractivity contribution is 6.17. The van der Waals surface area contributed by atoms with Crippen LogP contribution >= 0.6 is 11.6 Å². The number of carbonyl (C=O) groups excluding carboxylic acids is 1. The molecule has 0 amide bonds. The van der Waals surface area contributed by atoms with Crippen molar-refractivity contribution in [2.45, 2.75) is 5.88 Å². The van der Waals surface area contributed by atoms with Crippen molar-refractivity contribution in [3.05, 3.63) is 29.6 Å². The Morgan fingerprint density at radius 2 is 2.14 bits per heavy atom. The normalized spacial score (nSPS) is 9.79. The molecule has 0 fully saturated rings. The number of aromatic nitrogens is 1. The molecule has 0 radical (unpaired) electrons. The van der Waals surface area contributed by atoms with Gasteiger partial charge in [0.2, 0.25) is 5.69 Å². The van der Waals surface area contributed by atoms with E-state index in [1.54, 1.807) is 0 Å². The molecule has 1 aromatic heterocycles. The molecule has 0 saturated heterocycles. The van der Waals surface area contributed by atoms with Gasteiger partial charge in [-0.1, -0.05) is 4.57 Å². The number of rotatable bonds is 2. The average molecular weight is 216 g/mol. The van der Waals surface area contributed by atoms with Crippen LogP contribution in [0.15, 0.2) is 18.3 Å². The number of nitrogens with zero attached hydrogens (tertiary/aromatic N) is 1. The molecule has 5 nitrogen and oxygen atoms in total. The van der Waals surface area contributed by atoms with Gasteiger partial charge in [-0.15, -0.1) is 11.6 Å². The van der Waals surface area contributed by atoms with Crippen molar-refractivity contribution in [2.24, 2.45) is 0 Å². The summed E-state index contributed by atoms with van der Waals surface area (Å²) >= 11 is 5.47. The molecule has 1 N–H and O–H groups in total. The summed E-state index contributed by atoms with van der Waals surface area (Å²) < 4.78 is 0.563. The molecule has 74 valence electrons. The maximum absolute atomic E-state index is 10.6. The Morgan fingerprint density at radius 3 is 2.57 bits per heavy atom. The van der Waals surface area contributed by atoms with E-state index >= 15 is 0 Å². The van der Waals surface area contributed by atoms with Gasteiger partial charge in [-0.3, -0.25) is 0 Å². The SMILES string of the molecule is O=C([O-])c1ccc(CCl)c[n+]1C(=O)O. The highest BCUT2D eigenvalue weighted by Gasteiger charge is 2.20. The maximum atomic E-state index is 10.6. The molecule has 0 spiro atoms. The number of halogens is 1. The maximum Gasteiger partial charge on any atom is 0.600 e. The van der Waals surface area contributed by atoms with Crippen LogP contribution in [0.5, 0.6) is 0 Å². The van der Waals surface area contributed by atoms with Gasteiger partial charge in [-0.25, -0.2) is 0 Å². The number of alkyl halides is 1. The molecule has 14 heavy (non-hydrogen) atoms. The lowest BCUT2D eigenvalue weighted by Crippen LogP contribution is -2.49. The van der Waals surface area contributed by atoms with Gasteiger partial charge in [0.05, 0.1) is 5.88 Å². The Kier molecular flexibility index (Phi) is 3.03. The Morgan fingerprint density at radius 1 is 1.50 bits per heavy atom. The van der Waals surface area contributed by atoms with Crippen LogP contribution in [0.4, 0.5) is 4.79 Å². The zero-order valence-electron chi connectivity index (χ0n) is 6.94. The van der Waals surface area contributed by atoms with E-state index in [4.69, 9.17) is 16.7 Å². The number of carboxylic acid groups (broad SMARTS) is 2. The highest BCUT2D eigenvalue weighted by atomic mass is 35.5. The lowest BCUT2D eigenvalue weighted by molar-refractivity contribution is -0.590.